The van der Waals surface area contributed by atoms with Crippen LogP contribution in [0.15, 0.2) is 24.3 Å². The van der Waals surface area contributed by atoms with E-state index in [9.17, 15) is 9.59 Å². The van der Waals surface area contributed by atoms with Crippen LogP contribution in [0.1, 0.15) is 24.8 Å². The van der Waals surface area contributed by atoms with Crippen LogP contribution in [0.5, 0.6) is 0 Å². The summed E-state index contributed by atoms with van der Waals surface area (Å²) in [6.07, 6.45) is 2.48. The van der Waals surface area contributed by atoms with Gasteiger partial charge in [0.1, 0.15) is 6.04 Å². The number of likely N-dealkylation sites (tertiary alicyclic amines) is 1. The van der Waals surface area contributed by atoms with Crippen molar-refractivity contribution in [2.45, 2.75) is 37.8 Å². The minimum atomic E-state index is -0.454. The lowest BCUT2D eigenvalue weighted by Crippen LogP contribution is -2.36. The molecule has 1 N–H and O–H groups in total. The highest BCUT2D eigenvalue weighted by atomic mass is 16.2. The van der Waals surface area contributed by atoms with Crippen LogP contribution in [-0.4, -0.2) is 28.8 Å². The Morgan fingerprint density at radius 1 is 1.25 bits per heavy atom. The molecule has 1 heterocycles. The molecule has 1 saturated carbocycles. The first kappa shape index (κ1) is 12.7. The first-order valence-corrected chi connectivity index (χ1v) is 6.77. The van der Waals surface area contributed by atoms with Crippen molar-refractivity contribution in [2.75, 3.05) is 5.32 Å². The summed E-state index contributed by atoms with van der Waals surface area (Å²) in [4.78, 5) is 25.4. The molecule has 0 aromatic heterocycles. The third kappa shape index (κ3) is 2.37. The van der Waals surface area contributed by atoms with E-state index in [2.05, 4.69) is 11.4 Å². The predicted octanol–water partition coefficient (Wildman–Crippen LogP) is 1.45. The van der Waals surface area contributed by atoms with Crippen molar-refractivity contribution in [3.05, 3.63) is 29.8 Å². The van der Waals surface area contributed by atoms with E-state index < -0.39 is 6.04 Å². The van der Waals surface area contributed by atoms with E-state index in [0.717, 1.165) is 24.1 Å². The molecule has 20 heavy (non-hydrogen) atoms. The fourth-order valence-electron chi connectivity index (χ4n) is 2.49. The molecule has 2 aliphatic rings. The minimum absolute atomic E-state index is 0.0731. The molecule has 1 aliphatic carbocycles. The quantitative estimate of drug-likeness (QED) is 0.840. The molecule has 1 atom stereocenters. The summed E-state index contributed by atoms with van der Waals surface area (Å²) in [5, 5.41) is 11.7. The molecule has 2 fully saturated rings. The maximum Gasteiger partial charge on any atom is 0.252 e. The Labute approximate surface area is 117 Å². The Kier molecular flexibility index (Phi) is 3.15. The number of anilines is 1. The second-order valence-corrected chi connectivity index (χ2v) is 5.27. The number of nitrogens with zero attached hydrogens (tertiary/aromatic N) is 2. The van der Waals surface area contributed by atoms with Crippen LogP contribution in [0.4, 0.5) is 5.69 Å². The lowest BCUT2D eigenvalue weighted by atomic mass is 10.1. The van der Waals surface area contributed by atoms with Gasteiger partial charge >= 0.3 is 0 Å². The number of hydrogen-bond donors (Lipinski definition) is 1. The largest absolute Gasteiger partial charge is 0.373 e. The molecular weight excluding hydrogens is 254 g/mol. The van der Waals surface area contributed by atoms with E-state index in [1.165, 1.54) is 4.90 Å². The van der Waals surface area contributed by atoms with E-state index in [1.54, 1.807) is 0 Å². The van der Waals surface area contributed by atoms with Crippen molar-refractivity contribution in [3.8, 4) is 6.07 Å². The van der Waals surface area contributed by atoms with Gasteiger partial charge in [0.15, 0.2) is 0 Å². The zero-order valence-electron chi connectivity index (χ0n) is 11.0. The summed E-state index contributed by atoms with van der Waals surface area (Å²) in [6.45, 7) is 0. The van der Waals surface area contributed by atoms with Gasteiger partial charge in [-0.3, -0.25) is 14.5 Å². The number of carbonyl (C=O) groups excluding carboxylic acids is 2. The summed E-state index contributed by atoms with van der Waals surface area (Å²) in [6, 6.07) is 9.15. The number of imide groups is 1. The normalized spacial score (nSPS) is 21.9. The van der Waals surface area contributed by atoms with E-state index in [1.807, 2.05) is 24.3 Å². The predicted molar refractivity (Wildman–Crippen MR) is 72.7 cm³/mol. The highest BCUT2D eigenvalue weighted by Gasteiger charge is 2.45. The fourth-order valence-corrected chi connectivity index (χ4v) is 2.49. The van der Waals surface area contributed by atoms with Gasteiger partial charge in [0.05, 0.1) is 18.9 Å². The second-order valence-electron chi connectivity index (χ2n) is 5.27. The van der Waals surface area contributed by atoms with Gasteiger partial charge < -0.3 is 5.32 Å². The van der Waals surface area contributed by atoms with Crippen molar-refractivity contribution < 1.29 is 9.59 Å². The monoisotopic (exact) mass is 269 g/mol. The Bertz CT molecular complexity index is 584. The molecule has 0 bridgehead atoms. The number of benzene rings is 1. The third-order valence-corrected chi connectivity index (χ3v) is 3.67. The van der Waals surface area contributed by atoms with E-state index in [4.69, 9.17) is 5.26 Å². The van der Waals surface area contributed by atoms with Crippen LogP contribution < -0.4 is 5.32 Å². The molecule has 0 spiro atoms. The topological polar surface area (TPSA) is 73.2 Å². The van der Waals surface area contributed by atoms with Gasteiger partial charge in [-0.25, -0.2) is 0 Å². The number of carbonyl (C=O) groups is 2. The molecule has 3 rings (SSSR count). The van der Waals surface area contributed by atoms with E-state index in [0.29, 0.717) is 6.42 Å². The average molecular weight is 269 g/mol. The highest BCUT2D eigenvalue weighted by molar-refractivity contribution is 6.07. The Morgan fingerprint density at radius 3 is 2.55 bits per heavy atom. The number of nitriles is 1. The molecule has 5 nitrogen and oxygen atoms in total. The Hall–Kier alpha value is -2.35. The molecule has 1 aromatic carbocycles. The highest BCUT2D eigenvalue weighted by Crippen LogP contribution is 2.32. The molecule has 1 saturated heterocycles. The SMILES string of the molecule is N#CCc1ccc(NC2CC(=O)N(C3CC3)C2=O)cc1. The second kappa shape index (κ2) is 4.97. The standard InChI is InChI=1S/C15H15N3O2/c16-8-7-10-1-3-11(4-2-10)17-13-9-14(19)18(15(13)20)12-5-6-12/h1-4,12-13,17H,5-7,9H2. The van der Waals surface area contributed by atoms with Crippen LogP contribution >= 0.6 is 0 Å². The summed E-state index contributed by atoms with van der Waals surface area (Å²) in [7, 11) is 0. The number of nitrogens with one attached hydrogen (secondary N) is 1. The van der Waals surface area contributed by atoms with Crippen molar-refractivity contribution >= 4 is 17.5 Å². The molecule has 2 amide bonds. The maximum atomic E-state index is 12.2. The van der Waals surface area contributed by atoms with E-state index >= 15 is 0 Å². The van der Waals surface area contributed by atoms with Gasteiger partial charge in [-0.05, 0) is 30.5 Å². The van der Waals surface area contributed by atoms with E-state index in [-0.39, 0.29) is 24.3 Å². The first-order chi connectivity index (χ1) is 9.69. The Morgan fingerprint density at radius 2 is 1.95 bits per heavy atom. The molecule has 1 aromatic rings. The first-order valence-electron chi connectivity index (χ1n) is 6.77. The van der Waals surface area contributed by atoms with Crippen molar-refractivity contribution in [1.29, 1.82) is 5.26 Å². The summed E-state index contributed by atoms with van der Waals surface area (Å²) < 4.78 is 0. The van der Waals surface area contributed by atoms with Gasteiger partial charge in [0, 0.05) is 11.7 Å². The average Bonchev–Trinajstić information content (AvgIpc) is 3.21. The summed E-state index contributed by atoms with van der Waals surface area (Å²) >= 11 is 0. The summed E-state index contributed by atoms with van der Waals surface area (Å²) in [5.74, 6) is -0.185. The lowest BCUT2D eigenvalue weighted by Gasteiger charge is -2.15. The van der Waals surface area contributed by atoms with Crippen molar-refractivity contribution in [2.24, 2.45) is 0 Å². The van der Waals surface area contributed by atoms with Gasteiger partial charge in [-0.2, -0.15) is 5.26 Å². The van der Waals surface area contributed by atoms with Crippen LogP contribution in [0.3, 0.4) is 0 Å². The summed E-state index contributed by atoms with van der Waals surface area (Å²) in [5.41, 5.74) is 1.74. The number of hydrogen-bond acceptors (Lipinski definition) is 4. The molecular formula is C15H15N3O2. The number of rotatable bonds is 4. The van der Waals surface area contributed by atoms with Gasteiger partial charge in [-0.1, -0.05) is 12.1 Å². The third-order valence-electron chi connectivity index (χ3n) is 3.67. The van der Waals surface area contributed by atoms with Gasteiger partial charge in [0.25, 0.3) is 5.91 Å². The van der Waals surface area contributed by atoms with Crippen LogP contribution in [0, 0.1) is 11.3 Å². The lowest BCUT2D eigenvalue weighted by molar-refractivity contribution is -0.139. The van der Waals surface area contributed by atoms with Crippen LogP contribution in [0.25, 0.3) is 0 Å². The minimum Gasteiger partial charge on any atom is -0.373 e. The van der Waals surface area contributed by atoms with Gasteiger partial charge in [-0.15, -0.1) is 0 Å². The maximum absolute atomic E-state index is 12.2. The smallest absolute Gasteiger partial charge is 0.252 e. The molecule has 5 heteroatoms. The van der Waals surface area contributed by atoms with Crippen LogP contribution in [0.2, 0.25) is 0 Å². The molecule has 0 radical (unpaired) electrons. The zero-order valence-corrected chi connectivity index (χ0v) is 11.0. The molecule has 1 unspecified atom stereocenters. The Balaban J connectivity index is 1.67. The van der Waals surface area contributed by atoms with Crippen LogP contribution in [-0.2, 0) is 16.0 Å². The fraction of sp³-hybridized carbons (Fsp3) is 0.400. The molecule has 102 valence electrons. The van der Waals surface area contributed by atoms with Crippen molar-refractivity contribution in [3.63, 3.8) is 0 Å². The zero-order chi connectivity index (χ0) is 14.1. The van der Waals surface area contributed by atoms with Crippen molar-refractivity contribution in [1.82, 2.24) is 4.90 Å². The van der Waals surface area contributed by atoms with Gasteiger partial charge in [0.2, 0.25) is 5.91 Å². The number of amides is 2. The molecule has 1 aliphatic heterocycles.